The molecule has 5 nitrogen and oxygen atoms in total. The summed E-state index contributed by atoms with van der Waals surface area (Å²) >= 11 is 6.06. The number of nitrogens with zero attached hydrogens (tertiary/aromatic N) is 2. The van der Waals surface area contributed by atoms with Crippen LogP contribution in [0, 0.1) is 10.1 Å². The van der Waals surface area contributed by atoms with Crippen molar-refractivity contribution in [2.75, 3.05) is 32.7 Å². The third-order valence-electron chi connectivity index (χ3n) is 3.15. The van der Waals surface area contributed by atoms with Crippen molar-refractivity contribution in [3.05, 3.63) is 38.9 Å². The summed E-state index contributed by atoms with van der Waals surface area (Å²) in [5.74, 6) is 0. The average molecular weight is 270 g/mol. The van der Waals surface area contributed by atoms with E-state index in [9.17, 15) is 10.1 Å². The number of hydrogen-bond donors (Lipinski definition) is 1. The monoisotopic (exact) mass is 269 g/mol. The van der Waals surface area contributed by atoms with E-state index in [1.807, 2.05) is 0 Å². The van der Waals surface area contributed by atoms with Gasteiger partial charge in [-0.2, -0.15) is 0 Å². The Balaban J connectivity index is 1.94. The number of rotatable bonds is 4. The van der Waals surface area contributed by atoms with Gasteiger partial charge >= 0.3 is 0 Å². The van der Waals surface area contributed by atoms with Crippen LogP contribution in [0.25, 0.3) is 0 Å². The summed E-state index contributed by atoms with van der Waals surface area (Å²) in [6.07, 6.45) is 0.830. The number of nitrogens with one attached hydrogen (secondary N) is 1. The normalized spacial score (nSPS) is 16.7. The Morgan fingerprint density at radius 3 is 2.72 bits per heavy atom. The largest absolute Gasteiger partial charge is 0.314 e. The fraction of sp³-hybridized carbons (Fsp3) is 0.500. The lowest BCUT2D eigenvalue weighted by Crippen LogP contribution is -2.44. The van der Waals surface area contributed by atoms with Crippen molar-refractivity contribution in [3.8, 4) is 0 Å². The highest BCUT2D eigenvalue weighted by molar-refractivity contribution is 6.31. The van der Waals surface area contributed by atoms with E-state index in [0.717, 1.165) is 44.7 Å². The molecule has 1 N–H and O–H groups in total. The van der Waals surface area contributed by atoms with Crippen molar-refractivity contribution in [1.29, 1.82) is 0 Å². The van der Waals surface area contributed by atoms with Gasteiger partial charge < -0.3 is 10.2 Å². The number of nitro groups is 1. The summed E-state index contributed by atoms with van der Waals surface area (Å²) in [6.45, 7) is 5.08. The smallest absolute Gasteiger partial charge is 0.270 e. The van der Waals surface area contributed by atoms with E-state index >= 15 is 0 Å². The van der Waals surface area contributed by atoms with E-state index in [0.29, 0.717) is 5.02 Å². The van der Waals surface area contributed by atoms with Crippen molar-refractivity contribution < 1.29 is 4.92 Å². The van der Waals surface area contributed by atoms with Crippen LogP contribution in [-0.4, -0.2) is 42.5 Å². The number of benzene rings is 1. The van der Waals surface area contributed by atoms with Gasteiger partial charge in [0.1, 0.15) is 0 Å². The number of hydrogen-bond acceptors (Lipinski definition) is 4. The molecule has 1 aliphatic heterocycles. The Morgan fingerprint density at radius 2 is 2.11 bits per heavy atom. The molecule has 0 radical (unpaired) electrons. The second-order valence-corrected chi connectivity index (χ2v) is 4.78. The summed E-state index contributed by atoms with van der Waals surface area (Å²) in [7, 11) is 0. The molecule has 0 bridgehead atoms. The maximum Gasteiger partial charge on any atom is 0.270 e. The highest BCUT2D eigenvalue weighted by Gasteiger charge is 2.12. The van der Waals surface area contributed by atoms with Crippen LogP contribution in [0.5, 0.6) is 0 Å². The standard InChI is InChI=1S/C12H16ClN3O2/c13-12-9-11(16(17)18)2-1-10(12)3-6-15-7-4-14-5-8-15/h1-2,9,14H,3-8H2. The van der Waals surface area contributed by atoms with Gasteiger partial charge in [-0.15, -0.1) is 0 Å². The van der Waals surface area contributed by atoms with Crippen molar-refractivity contribution in [2.45, 2.75) is 6.42 Å². The van der Waals surface area contributed by atoms with Gasteiger partial charge in [0, 0.05) is 44.9 Å². The molecule has 1 aromatic carbocycles. The summed E-state index contributed by atoms with van der Waals surface area (Å²) in [5, 5.41) is 14.4. The van der Waals surface area contributed by atoms with Gasteiger partial charge in [-0.1, -0.05) is 17.7 Å². The minimum Gasteiger partial charge on any atom is -0.314 e. The van der Waals surface area contributed by atoms with Crippen LogP contribution in [0.4, 0.5) is 5.69 Å². The summed E-state index contributed by atoms with van der Waals surface area (Å²) in [4.78, 5) is 12.5. The Labute approximate surface area is 111 Å². The molecule has 0 atom stereocenters. The molecule has 0 aliphatic carbocycles. The van der Waals surface area contributed by atoms with Crippen LogP contribution < -0.4 is 5.32 Å². The molecule has 1 heterocycles. The van der Waals surface area contributed by atoms with Crippen LogP contribution in [-0.2, 0) is 6.42 Å². The maximum atomic E-state index is 10.6. The van der Waals surface area contributed by atoms with E-state index < -0.39 is 4.92 Å². The zero-order valence-electron chi connectivity index (χ0n) is 10.1. The van der Waals surface area contributed by atoms with Crippen LogP contribution >= 0.6 is 11.6 Å². The van der Waals surface area contributed by atoms with Crippen molar-refractivity contribution in [2.24, 2.45) is 0 Å². The molecular weight excluding hydrogens is 254 g/mol. The first-order valence-electron chi connectivity index (χ1n) is 6.03. The van der Waals surface area contributed by atoms with E-state index in [1.165, 1.54) is 12.1 Å². The zero-order chi connectivity index (χ0) is 13.0. The van der Waals surface area contributed by atoms with Gasteiger partial charge in [-0.05, 0) is 12.0 Å². The first-order valence-corrected chi connectivity index (χ1v) is 6.40. The van der Waals surface area contributed by atoms with Gasteiger partial charge in [-0.3, -0.25) is 10.1 Å². The highest BCUT2D eigenvalue weighted by atomic mass is 35.5. The molecule has 0 amide bonds. The minimum absolute atomic E-state index is 0.0472. The Bertz CT molecular complexity index is 433. The van der Waals surface area contributed by atoms with Gasteiger partial charge in [0.15, 0.2) is 0 Å². The molecule has 0 spiro atoms. The fourth-order valence-corrected chi connectivity index (χ4v) is 2.34. The quantitative estimate of drug-likeness (QED) is 0.668. The fourth-order valence-electron chi connectivity index (χ4n) is 2.07. The molecule has 1 aromatic rings. The van der Waals surface area contributed by atoms with E-state index in [-0.39, 0.29) is 5.69 Å². The van der Waals surface area contributed by atoms with E-state index in [4.69, 9.17) is 11.6 Å². The Kier molecular flexibility index (Phi) is 4.52. The van der Waals surface area contributed by atoms with E-state index in [1.54, 1.807) is 6.07 Å². The van der Waals surface area contributed by atoms with E-state index in [2.05, 4.69) is 10.2 Å². The van der Waals surface area contributed by atoms with Crippen LogP contribution in [0.2, 0.25) is 5.02 Å². The SMILES string of the molecule is O=[N+]([O-])c1ccc(CCN2CCNCC2)c(Cl)c1. The lowest BCUT2D eigenvalue weighted by molar-refractivity contribution is -0.384. The molecule has 2 rings (SSSR count). The van der Waals surface area contributed by atoms with Gasteiger partial charge in [0.25, 0.3) is 5.69 Å². The van der Waals surface area contributed by atoms with Gasteiger partial charge in [0.05, 0.1) is 9.95 Å². The number of nitro benzene ring substituents is 1. The lowest BCUT2D eigenvalue weighted by atomic mass is 10.1. The van der Waals surface area contributed by atoms with Crippen LogP contribution in [0.3, 0.4) is 0 Å². The molecule has 1 saturated heterocycles. The second kappa shape index (κ2) is 6.13. The molecule has 1 aliphatic rings. The highest BCUT2D eigenvalue weighted by Crippen LogP contribution is 2.22. The molecule has 0 aromatic heterocycles. The number of halogens is 1. The number of piperazine rings is 1. The first kappa shape index (κ1) is 13.3. The molecular formula is C12H16ClN3O2. The molecule has 18 heavy (non-hydrogen) atoms. The molecule has 98 valence electrons. The summed E-state index contributed by atoms with van der Waals surface area (Å²) < 4.78 is 0. The predicted octanol–water partition coefficient (Wildman–Crippen LogP) is 1.70. The van der Waals surface area contributed by atoms with Gasteiger partial charge in [-0.25, -0.2) is 0 Å². The summed E-state index contributed by atoms with van der Waals surface area (Å²) in [5.41, 5.74) is 1.02. The lowest BCUT2D eigenvalue weighted by Gasteiger charge is -2.27. The molecule has 6 heteroatoms. The Morgan fingerprint density at radius 1 is 1.39 bits per heavy atom. The topological polar surface area (TPSA) is 58.4 Å². The first-order chi connectivity index (χ1) is 8.66. The molecule has 0 saturated carbocycles. The average Bonchev–Trinajstić information content (AvgIpc) is 2.38. The van der Waals surface area contributed by atoms with Crippen LogP contribution in [0.1, 0.15) is 5.56 Å². The molecule has 1 fully saturated rings. The zero-order valence-corrected chi connectivity index (χ0v) is 10.8. The Hall–Kier alpha value is -1.17. The minimum atomic E-state index is -0.425. The van der Waals surface area contributed by atoms with Crippen molar-refractivity contribution >= 4 is 17.3 Å². The van der Waals surface area contributed by atoms with Crippen molar-refractivity contribution in [1.82, 2.24) is 10.2 Å². The van der Waals surface area contributed by atoms with Crippen molar-refractivity contribution in [3.63, 3.8) is 0 Å². The maximum absolute atomic E-state index is 10.6. The predicted molar refractivity (Wildman–Crippen MR) is 71.1 cm³/mol. The third kappa shape index (κ3) is 3.41. The number of non-ortho nitro benzene ring substituents is 1. The van der Waals surface area contributed by atoms with Gasteiger partial charge in [0.2, 0.25) is 0 Å². The summed E-state index contributed by atoms with van der Waals surface area (Å²) in [6, 6.07) is 4.69. The third-order valence-corrected chi connectivity index (χ3v) is 3.51. The molecule has 0 unspecified atom stereocenters. The van der Waals surface area contributed by atoms with Crippen LogP contribution in [0.15, 0.2) is 18.2 Å². The second-order valence-electron chi connectivity index (χ2n) is 4.37.